The van der Waals surface area contributed by atoms with E-state index in [1.54, 1.807) is 0 Å². The molecule has 0 unspecified atom stereocenters. The largest absolute Gasteiger partial charge is 0.339 e. The molecule has 24 heavy (non-hydrogen) atoms. The number of hydrogen-bond donors (Lipinski definition) is 0. The Hall–Kier alpha value is -1.65. The SMILES string of the molecule is CN(Cc1ccc(Br)cc1)Cc1ccc(C(=O)N2CCCC2)cc1. The summed E-state index contributed by atoms with van der Waals surface area (Å²) in [6.45, 7) is 3.57. The highest BCUT2D eigenvalue weighted by Crippen LogP contribution is 2.16. The van der Waals surface area contributed by atoms with Crippen molar-refractivity contribution in [2.45, 2.75) is 25.9 Å². The molecule has 0 bridgehead atoms. The Labute approximate surface area is 152 Å². The molecule has 1 amide bonds. The second-order valence-electron chi connectivity index (χ2n) is 6.49. The Morgan fingerprint density at radius 1 is 0.958 bits per heavy atom. The van der Waals surface area contributed by atoms with Gasteiger partial charge in [0.1, 0.15) is 0 Å². The molecular weight excluding hydrogens is 364 g/mol. The predicted octanol–water partition coefficient (Wildman–Crippen LogP) is 4.32. The molecule has 0 atom stereocenters. The number of halogens is 1. The summed E-state index contributed by atoms with van der Waals surface area (Å²) in [4.78, 5) is 16.6. The lowest BCUT2D eigenvalue weighted by molar-refractivity contribution is 0.0793. The van der Waals surface area contributed by atoms with E-state index in [-0.39, 0.29) is 5.91 Å². The van der Waals surface area contributed by atoms with E-state index in [1.165, 1.54) is 11.1 Å². The van der Waals surface area contributed by atoms with Crippen molar-refractivity contribution in [1.82, 2.24) is 9.80 Å². The van der Waals surface area contributed by atoms with Crippen molar-refractivity contribution in [2.24, 2.45) is 0 Å². The zero-order chi connectivity index (χ0) is 16.9. The van der Waals surface area contributed by atoms with Crippen molar-refractivity contribution in [3.8, 4) is 0 Å². The molecule has 0 radical (unpaired) electrons. The number of rotatable bonds is 5. The van der Waals surface area contributed by atoms with Gasteiger partial charge in [0, 0.05) is 36.2 Å². The van der Waals surface area contributed by atoms with Crippen LogP contribution in [0.2, 0.25) is 0 Å². The molecule has 2 aromatic rings. The molecule has 1 aliphatic rings. The highest BCUT2D eigenvalue weighted by atomic mass is 79.9. The van der Waals surface area contributed by atoms with Gasteiger partial charge in [-0.3, -0.25) is 9.69 Å². The van der Waals surface area contributed by atoms with Gasteiger partial charge in [0.05, 0.1) is 0 Å². The third-order valence-corrected chi connectivity index (χ3v) is 4.94. The third kappa shape index (κ3) is 4.46. The molecule has 0 spiro atoms. The van der Waals surface area contributed by atoms with Gasteiger partial charge >= 0.3 is 0 Å². The van der Waals surface area contributed by atoms with Gasteiger partial charge in [-0.1, -0.05) is 40.2 Å². The summed E-state index contributed by atoms with van der Waals surface area (Å²) < 4.78 is 1.10. The zero-order valence-electron chi connectivity index (χ0n) is 14.0. The molecule has 0 aromatic heterocycles. The molecule has 0 N–H and O–H groups in total. The lowest BCUT2D eigenvalue weighted by atomic mass is 10.1. The van der Waals surface area contributed by atoms with Crippen LogP contribution in [-0.4, -0.2) is 35.8 Å². The molecule has 1 fully saturated rings. The number of carbonyl (C=O) groups excluding carboxylic acids is 1. The van der Waals surface area contributed by atoms with Gasteiger partial charge in [-0.15, -0.1) is 0 Å². The van der Waals surface area contributed by atoms with Gasteiger partial charge in [-0.25, -0.2) is 0 Å². The van der Waals surface area contributed by atoms with Crippen molar-refractivity contribution in [1.29, 1.82) is 0 Å². The summed E-state index contributed by atoms with van der Waals surface area (Å²) in [7, 11) is 2.12. The predicted molar refractivity (Wildman–Crippen MR) is 101 cm³/mol. The number of likely N-dealkylation sites (tertiary alicyclic amines) is 1. The van der Waals surface area contributed by atoms with Crippen LogP contribution in [0.15, 0.2) is 53.0 Å². The van der Waals surface area contributed by atoms with Crippen molar-refractivity contribution in [3.05, 3.63) is 69.7 Å². The maximum atomic E-state index is 12.4. The fraction of sp³-hybridized carbons (Fsp3) is 0.350. The minimum absolute atomic E-state index is 0.169. The Morgan fingerprint density at radius 2 is 1.46 bits per heavy atom. The highest BCUT2D eigenvalue weighted by Gasteiger charge is 2.19. The summed E-state index contributed by atoms with van der Waals surface area (Å²) in [5.74, 6) is 0.169. The van der Waals surface area contributed by atoms with Crippen molar-refractivity contribution in [3.63, 3.8) is 0 Å². The second kappa shape index (κ2) is 7.95. The van der Waals surface area contributed by atoms with Gasteiger partial charge in [0.25, 0.3) is 5.91 Å². The average Bonchev–Trinajstić information content (AvgIpc) is 3.11. The van der Waals surface area contributed by atoms with Crippen LogP contribution < -0.4 is 0 Å². The standard InChI is InChI=1S/C20H23BrN2O/c1-22(15-17-6-10-19(21)11-7-17)14-16-4-8-18(9-5-16)20(24)23-12-2-3-13-23/h4-11H,2-3,12-15H2,1H3. The lowest BCUT2D eigenvalue weighted by Gasteiger charge is -2.18. The van der Waals surface area contributed by atoms with Gasteiger partial charge in [-0.2, -0.15) is 0 Å². The zero-order valence-corrected chi connectivity index (χ0v) is 15.6. The first kappa shape index (κ1) is 17.2. The molecule has 3 nitrogen and oxygen atoms in total. The molecule has 1 saturated heterocycles. The molecule has 1 heterocycles. The van der Waals surface area contributed by atoms with E-state index in [1.807, 2.05) is 17.0 Å². The first-order valence-corrected chi connectivity index (χ1v) is 9.22. The molecule has 4 heteroatoms. The van der Waals surface area contributed by atoms with Crippen molar-refractivity contribution < 1.29 is 4.79 Å². The summed E-state index contributed by atoms with van der Waals surface area (Å²) in [5, 5.41) is 0. The van der Waals surface area contributed by atoms with Crippen molar-refractivity contribution in [2.75, 3.05) is 20.1 Å². The smallest absolute Gasteiger partial charge is 0.253 e. The number of benzene rings is 2. The summed E-state index contributed by atoms with van der Waals surface area (Å²) in [6.07, 6.45) is 2.26. The third-order valence-electron chi connectivity index (χ3n) is 4.41. The van der Waals surface area contributed by atoms with Gasteiger partial charge < -0.3 is 4.90 Å². The van der Waals surface area contributed by atoms with Crippen LogP contribution in [0, 0.1) is 0 Å². The topological polar surface area (TPSA) is 23.6 Å². The maximum Gasteiger partial charge on any atom is 0.253 e. The minimum atomic E-state index is 0.169. The normalized spacial score (nSPS) is 14.4. The average molecular weight is 387 g/mol. The molecule has 0 aliphatic carbocycles. The summed E-state index contributed by atoms with van der Waals surface area (Å²) >= 11 is 3.46. The van der Waals surface area contributed by atoms with E-state index >= 15 is 0 Å². The molecule has 3 rings (SSSR count). The van der Waals surface area contributed by atoms with E-state index < -0.39 is 0 Å². The van der Waals surface area contributed by atoms with E-state index in [4.69, 9.17) is 0 Å². The van der Waals surface area contributed by atoms with Crippen LogP contribution in [0.4, 0.5) is 0 Å². The van der Waals surface area contributed by atoms with Crippen LogP contribution in [-0.2, 0) is 13.1 Å². The van der Waals surface area contributed by atoms with E-state index in [0.29, 0.717) is 0 Å². The molecule has 126 valence electrons. The number of hydrogen-bond acceptors (Lipinski definition) is 2. The Bertz CT molecular complexity index is 676. The van der Waals surface area contributed by atoms with E-state index in [2.05, 4.69) is 64.3 Å². The minimum Gasteiger partial charge on any atom is -0.339 e. The van der Waals surface area contributed by atoms with E-state index in [9.17, 15) is 4.79 Å². The molecule has 0 saturated carbocycles. The van der Waals surface area contributed by atoms with Gasteiger partial charge in [0.2, 0.25) is 0 Å². The van der Waals surface area contributed by atoms with Gasteiger partial charge in [0.15, 0.2) is 0 Å². The molecule has 1 aliphatic heterocycles. The van der Waals surface area contributed by atoms with E-state index in [0.717, 1.165) is 49.1 Å². The first-order valence-electron chi connectivity index (χ1n) is 8.43. The van der Waals surface area contributed by atoms with Crippen LogP contribution in [0.5, 0.6) is 0 Å². The summed E-state index contributed by atoms with van der Waals surface area (Å²) in [6, 6.07) is 16.5. The Morgan fingerprint density at radius 3 is 2.00 bits per heavy atom. The Balaban J connectivity index is 1.57. The number of nitrogens with zero attached hydrogens (tertiary/aromatic N) is 2. The molecular formula is C20H23BrN2O. The Kier molecular flexibility index (Phi) is 5.69. The van der Waals surface area contributed by atoms with Crippen LogP contribution in [0.25, 0.3) is 0 Å². The maximum absolute atomic E-state index is 12.4. The fourth-order valence-corrected chi connectivity index (χ4v) is 3.39. The van der Waals surface area contributed by atoms with Crippen LogP contribution >= 0.6 is 15.9 Å². The number of amides is 1. The van der Waals surface area contributed by atoms with Crippen LogP contribution in [0.3, 0.4) is 0 Å². The van der Waals surface area contributed by atoms with Crippen molar-refractivity contribution >= 4 is 21.8 Å². The van der Waals surface area contributed by atoms with Gasteiger partial charge in [-0.05, 0) is 55.3 Å². The lowest BCUT2D eigenvalue weighted by Crippen LogP contribution is -2.27. The monoisotopic (exact) mass is 386 g/mol. The molecule has 2 aromatic carbocycles. The fourth-order valence-electron chi connectivity index (χ4n) is 3.12. The highest BCUT2D eigenvalue weighted by molar-refractivity contribution is 9.10. The quantitative estimate of drug-likeness (QED) is 0.763. The number of carbonyl (C=O) groups is 1. The summed E-state index contributed by atoms with van der Waals surface area (Å²) in [5.41, 5.74) is 3.32. The second-order valence-corrected chi connectivity index (χ2v) is 7.41. The van der Waals surface area contributed by atoms with Crippen LogP contribution in [0.1, 0.15) is 34.3 Å². The first-order chi connectivity index (χ1) is 11.6.